The number of aromatic nitrogens is 2. The second-order valence-corrected chi connectivity index (χ2v) is 8.55. The van der Waals surface area contributed by atoms with Crippen molar-refractivity contribution >= 4 is 27.2 Å². The lowest BCUT2D eigenvalue weighted by Gasteiger charge is -2.25. The van der Waals surface area contributed by atoms with E-state index in [0.717, 1.165) is 11.5 Å². The molecule has 1 atom stereocenters. The maximum absolute atomic E-state index is 11.7. The summed E-state index contributed by atoms with van der Waals surface area (Å²) in [5, 5.41) is 3.28. The first kappa shape index (κ1) is 16.7. The molecule has 1 unspecified atom stereocenters. The van der Waals surface area contributed by atoms with Crippen LogP contribution in [0, 0.1) is 13.8 Å². The molecule has 1 aromatic carbocycles. The molecule has 0 aliphatic carbocycles. The van der Waals surface area contributed by atoms with Gasteiger partial charge >= 0.3 is 0 Å². The highest BCUT2D eigenvalue weighted by atomic mass is 32.2. The molecule has 0 spiro atoms. The predicted molar refractivity (Wildman–Crippen MR) is 96.7 cm³/mol. The molecule has 1 saturated heterocycles. The standard InChI is InChI=1S/C17H22N4O2S/c1-12-4-6-14(7-5-12)20-16-10-17(19-13(2)18-16)21(3)15-8-9-24(22,23)11-15/h4-7,10,15H,8-9,11H2,1-3H3,(H,18,19,20). The van der Waals surface area contributed by atoms with Crippen LogP contribution in [0.15, 0.2) is 30.3 Å². The quantitative estimate of drug-likeness (QED) is 0.916. The second kappa shape index (κ2) is 6.39. The Kier molecular flexibility index (Phi) is 4.45. The van der Waals surface area contributed by atoms with E-state index < -0.39 is 9.84 Å². The van der Waals surface area contributed by atoms with Gasteiger partial charge in [-0.1, -0.05) is 17.7 Å². The van der Waals surface area contributed by atoms with Crippen molar-refractivity contribution in [2.45, 2.75) is 26.3 Å². The minimum Gasteiger partial charge on any atom is -0.355 e. The van der Waals surface area contributed by atoms with Crippen molar-refractivity contribution in [1.29, 1.82) is 0 Å². The Bertz CT molecular complexity index is 834. The zero-order valence-corrected chi connectivity index (χ0v) is 15.0. The fraction of sp³-hybridized carbons (Fsp3) is 0.412. The van der Waals surface area contributed by atoms with Crippen molar-refractivity contribution in [3.63, 3.8) is 0 Å². The molecule has 7 heteroatoms. The molecule has 1 aliphatic rings. The van der Waals surface area contributed by atoms with Crippen molar-refractivity contribution in [3.05, 3.63) is 41.7 Å². The maximum atomic E-state index is 11.7. The van der Waals surface area contributed by atoms with Gasteiger partial charge in [-0.3, -0.25) is 0 Å². The molecule has 0 amide bonds. The average molecular weight is 346 g/mol. The van der Waals surface area contributed by atoms with E-state index in [0.29, 0.717) is 18.1 Å². The number of hydrogen-bond donors (Lipinski definition) is 1. The van der Waals surface area contributed by atoms with Gasteiger partial charge in [-0.25, -0.2) is 18.4 Å². The van der Waals surface area contributed by atoms with Crippen LogP contribution < -0.4 is 10.2 Å². The van der Waals surface area contributed by atoms with Gasteiger partial charge in [0.25, 0.3) is 0 Å². The number of rotatable bonds is 4. The second-order valence-electron chi connectivity index (χ2n) is 6.32. The fourth-order valence-electron chi connectivity index (χ4n) is 2.85. The number of nitrogens with zero attached hydrogens (tertiary/aromatic N) is 3. The molecule has 0 bridgehead atoms. The van der Waals surface area contributed by atoms with E-state index in [2.05, 4.69) is 15.3 Å². The average Bonchev–Trinajstić information content (AvgIpc) is 2.88. The number of aryl methyl sites for hydroxylation is 2. The predicted octanol–water partition coefficient (Wildman–Crippen LogP) is 2.46. The van der Waals surface area contributed by atoms with E-state index >= 15 is 0 Å². The minimum absolute atomic E-state index is 0.0310. The summed E-state index contributed by atoms with van der Waals surface area (Å²) in [6.45, 7) is 3.88. The lowest BCUT2D eigenvalue weighted by molar-refractivity contribution is 0.600. The first-order valence-electron chi connectivity index (χ1n) is 7.95. The van der Waals surface area contributed by atoms with Crippen LogP contribution in [0.25, 0.3) is 0 Å². The summed E-state index contributed by atoms with van der Waals surface area (Å²) >= 11 is 0. The molecule has 0 radical (unpaired) electrons. The molecule has 2 aromatic rings. The third kappa shape index (κ3) is 3.84. The van der Waals surface area contributed by atoms with Gasteiger partial charge in [0.1, 0.15) is 17.5 Å². The summed E-state index contributed by atoms with van der Waals surface area (Å²) < 4.78 is 23.4. The lowest BCUT2D eigenvalue weighted by Crippen LogP contribution is -2.33. The lowest BCUT2D eigenvalue weighted by atomic mass is 10.2. The topological polar surface area (TPSA) is 75.2 Å². The molecular weight excluding hydrogens is 324 g/mol. The zero-order chi connectivity index (χ0) is 17.3. The Morgan fingerprint density at radius 2 is 1.88 bits per heavy atom. The van der Waals surface area contributed by atoms with Crippen LogP contribution in [-0.4, -0.2) is 43.0 Å². The first-order valence-corrected chi connectivity index (χ1v) is 9.77. The Morgan fingerprint density at radius 1 is 1.17 bits per heavy atom. The third-order valence-electron chi connectivity index (χ3n) is 4.27. The molecule has 128 valence electrons. The Hall–Kier alpha value is -2.15. The summed E-state index contributed by atoms with van der Waals surface area (Å²) in [5.74, 6) is 2.52. The van der Waals surface area contributed by atoms with E-state index in [1.54, 1.807) is 0 Å². The number of nitrogens with one attached hydrogen (secondary N) is 1. The van der Waals surface area contributed by atoms with Crippen LogP contribution in [-0.2, 0) is 9.84 Å². The van der Waals surface area contributed by atoms with Crippen LogP contribution >= 0.6 is 0 Å². The van der Waals surface area contributed by atoms with Crippen LogP contribution in [0.2, 0.25) is 0 Å². The van der Waals surface area contributed by atoms with Crippen molar-refractivity contribution in [2.24, 2.45) is 0 Å². The van der Waals surface area contributed by atoms with Gasteiger partial charge in [0.15, 0.2) is 9.84 Å². The van der Waals surface area contributed by atoms with Gasteiger partial charge in [-0.15, -0.1) is 0 Å². The smallest absolute Gasteiger partial charge is 0.152 e. The summed E-state index contributed by atoms with van der Waals surface area (Å²) in [6.07, 6.45) is 0.641. The zero-order valence-electron chi connectivity index (χ0n) is 14.2. The van der Waals surface area contributed by atoms with Gasteiger partial charge < -0.3 is 10.2 Å². The van der Waals surface area contributed by atoms with Gasteiger partial charge in [-0.2, -0.15) is 0 Å². The number of sulfone groups is 1. The normalized spacial score (nSPS) is 19.2. The van der Waals surface area contributed by atoms with Crippen molar-refractivity contribution in [2.75, 3.05) is 28.8 Å². The van der Waals surface area contributed by atoms with Gasteiger partial charge in [0.05, 0.1) is 11.5 Å². The van der Waals surface area contributed by atoms with Crippen molar-refractivity contribution in [1.82, 2.24) is 9.97 Å². The van der Waals surface area contributed by atoms with Crippen molar-refractivity contribution in [3.8, 4) is 0 Å². The van der Waals surface area contributed by atoms with Crippen LogP contribution in [0.3, 0.4) is 0 Å². The van der Waals surface area contributed by atoms with E-state index in [1.807, 2.05) is 56.1 Å². The van der Waals surface area contributed by atoms with Crippen LogP contribution in [0.1, 0.15) is 17.8 Å². The summed E-state index contributed by atoms with van der Waals surface area (Å²) in [5.41, 5.74) is 2.15. The van der Waals surface area contributed by atoms with Gasteiger partial charge in [0.2, 0.25) is 0 Å². The van der Waals surface area contributed by atoms with E-state index in [1.165, 1.54) is 5.56 Å². The van der Waals surface area contributed by atoms with Crippen molar-refractivity contribution < 1.29 is 8.42 Å². The fourth-order valence-corrected chi connectivity index (χ4v) is 4.62. The Morgan fingerprint density at radius 3 is 2.50 bits per heavy atom. The van der Waals surface area contributed by atoms with Gasteiger partial charge in [-0.05, 0) is 32.4 Å². The molecule has 6 nitrogen and oxygen atoms in total. The largest absolute Gasteiger partial charge is 0.355 e. The molecule has 1 fully saturated rings. The number of benzene rings is 1. The number of hydrogen-bond acceptors (Lipinski definition) is 6. The Labute approximate surface area is 142 Å². The SMILES string of the molecule is Cc1ccc(Nc2cc(N(C)C3CCS(=O)(=O)C3)nc(C)n2)cc1. The number of anilines is 3. The Balaban J connectivity index is 1.82. The maximum Gasteiger partial charge on any atom is 0.152 e. The van der Waals surface area contributed by atoms with Gasteiger partial charge in [0, 0.05) is 24.8 Å². The highest BCUT2D eigenvalue weighted by molar-refractivity contribution is 7.91. The minimum atomic E-state index is -2.92. The van der Waals surface area contributed by atoms with E-state index in [-0.39, 0.29) is 17.5 Å². The summed E-state index contributed by atoms with van der Waals surface area (Å²) in [7, 11) is -1.03. The molecule has 2 heterocycles. The highest BCUT2D eigenvalue weighted by Gasteiger charge is 2.31. The molecule has 24 heavy (non-hydrogen) atoms. The van der Waals surface area contributed by atoms with Crippen LogP contribution in [0.4, 0.5) is 17.3 Å². The molecule has 1 aliphatic heterocycles. The van der Waals surface area contributed by atoms with Crippen LogP contribution in [0.5, 0.6) is 0 Å². The van der Waals surface area contributed by atoms with E-state index in [9.17, 15) is 8.42 Å². The monoisotopic (exact) mass is 346 g/mol. The molecule has 3 rings (SSSR count). The molecule has 0 saturated carbocycles. The third-order valence-corrected chi connectivity index (χ3v) is 6.02. The van der Waals surface area contributed by atoms with E-state index in [4.69, 9.17) is 0 Å². The highest BCUT2D eigenvalue weighted by Crippen LogP contribution is 2.24. The first-order chi connectivity index (χ1) is 11.3. The molecule has 1 N–H and O–H groups in total. The molecular formula is C17H22N4O2S. The molecule has 1 aromatic heterocycles. The summed E-state index contributed by atoms with van der Waals surface area (Å²) in [6, 6.07) is 9.90. The summed E-state index contributed by atoms with van der Waals surface area (Å²) in [4.78, 5) is 10.8.